The number of fused-ring (bicyclic) bond motifs is 1. The average Bonchev–Trinajstić information content (AvgIpc) is 2.97. The molecule has 4 rings (SSSR count). The summed E-state index contributed by atoms with van der Waals surface area (Å²) < 4.78 is 2.82. The highest BCUT2D eigenvalue weighted by molar-refractivity contribution is 8.03. The number of amides is 1. The van der Waals surface area contributed by atoms with E-state index in [9.17, 15) is 14.4 Å². The summed E-state index contributed by atoms with van der Waals surface area (Å²) in [4.78, 5) is 45.1. The summed E-state index contributed by atoms with van der Waals surface area (Å²) in [7, 11) is 1.63. The van der Waals surface area contributed by atoms with Crippen LogP contribution in [0.15, 0.2) is 47.7 Å². The van der Waals surface area contributed by atoms with Crippen molar-refractivity contribution in [2.45, 2.75) is 0 Å². The molecular formula is C17H12N4O3S. The molecule has 2 aromatic heterocycles. The van der Waals surface area contributed by atoms with Gasteiger partial charge in [-0.2, -0.15) is 0 Å². The molecule has 8 heteroatoms. The third-order valence-corrected chi connectivity index (χ3v) is 5.05. The number of rotatable bonds is 2. The van der Waals surface area contributed by atoms with Gasteiger partial charge in [-0.3, -0.25) is 14.4 Å². The van der Waals surface area contributed by atoms with Crippen LogP contribution < -0.4 is 9.86 Å². The van der Waals surface area contributed by atoms with Gasteiger partial charge in [0.1, 0.15) is 6.33 Å². The molecule has 0 bridgehead atoms. The van der Waals surface area contributed by atoms with Crippen molar-refractivity contribution in [3.63, 3.8) is 0 Å². The summed E-state index contributed by atoms with van der Waals surface area (Å²) in [5.41, 5.74) is 1.28. The van der Waals surface area contributed by atoms with Crippen LogP contribution in [0.25, 0.3) is 22.2 Å². The Bertz CT molecular complexity index is 1080. The quantitative estimate of drug-likeness (QED) is 0.514. The lowest BCUT2D eigenvalue weighted by Gasteiger charge is -2.22. The zero-order valence-corrected chi connectivity index (χ0v) is 14.0. The lowest BCUT2D eigenvalue weighted by molar-refractivity contribution is -0.133. The molecule has 1 aliphatic heterocycles. The molecule has 3 aromatic rings. The second-order valence-electron chi connectivity index (χ2n) is 5.50. The number of benzene rings is 1. The van der Waals surface area contributed by atoms with Crippen LogP contribution in [0.3, 0.4) is 0 Å². The molecule has 0 radical (unpaired) electrons. The monoisotopic (exact) mass is 352 g/mol. The standard InChI is InChI=1S/C17H12N4O3S/c1-20-15(12-6-7-18-9-19-12)14(21-17(24)13(22)8-25-21)10-4-2-3-5-11(10)16(20)23/h2-7,9H,8H2,1H3. The van der Waals surface area contributed by atoms with Gasteiger partial charge in [0.05, 0.1) is 22.8 Å². The number of nitrogens with zero attached hydrogens (tertiary/aromatic N) is 4. The van der Waals surface area contributed by atoms with Gasteiger partial charge in [-0.1, -0.05) is 18.2 Å². The fourth-order valence-electron chi connectivity index (χ4n) is 2.90. The maximum atomic E-state index is 12.8. The van der Waals surface area contributed by atoms with Crippen molar-refractivity contribution in [3.05, 3.63) is 53.2 Å². The van der Waals surface area contributed by atoms with Crippen molar-refractivity contribution >= 4 is 40.1 Å². The number of ketones is 1. The number of aromatic nitrogens is 3. The summed E-state index contributed by atoms with van der Waals surface area (Å²) in [6.07, 6.45) is 2.94. The van der Waals surface area contributed by atoms with Gasteiger partial charge in [0.25, 0.3) is 5.56 Å². The van der Waals surface area contributed by atoms with Crippen LogP contribution in [-0.4, -0.2) is 32.0 Å². The minimum atomic E-state index is -0.593. The number of carbonyl (C=O) groups is 2. The second kappa shape index (κ2) is 5.82. The van der Waals surface area contributed by atoms with Crippen LogP contribution in [0, 0.1) is 0 Å². The van der Waals surface area contributed by atoms with Gasteiger partial charge in [0, 0.05) is 24.0 Å². The first-order chi connectivity index (χ1) is 12.1. The largest absolute Gasteiger partial charge is 0.308 e. The maximum Gasteiger partial charge on any atom is 0.305 e. The van der Waals surface area contributed by atoms with Gasteiger partial charge in [0.2, 0.25) is 5.78 Å². The third-order valence-electron chi connectivity index (χ3n) is 4.05. The van der Waals surface area contributed by atoms with E-state index in [1.54, 1.807) is 43.6 Å². The Labute approximate surface area is 146 Å². The summed E-state index contributed by atoms with van der Waals surface area (Å²) in [6.45, 7) is 0. The molecule has 0 unspecified atom stereocenters. The van der Waals surface area contributed by atoms with Crippen molar-refractivity contribution < 1.29 is 9.59 Å². The normalized spacial score (nSPS) is 14.5. The maximum absolute atomic E-state index is 12.8. The van der Waals surface area contributed by atoms with E-state index >= 15 is 0 Å². The number of hydrogen-bond donors (Lipinski definition) is 0. The molecule has 7 nitrogen and oxygen atoms in total. The van der Waals surface area contributed by atoms with Crippen LogP contribution in [0.1, 0.15) is 0 Å². The van der Waals surface area contributed by atoms with E-state index in [2.05, 4.69) is 9.97 Å². The highest BCUT2D eigenvalue weighted by atomic mass is 32.2. The SMILES string of the molecule is Cn1c(-c2ccncn2)c(N2SCC(=O)C2=O)c2ccccc2c1=O. The van der Waals surface area contributed by atoms with Gasteiger partial charge in [-0.25, -0.2) is 14.3 Å². The number of anilines is 1. The second-order valence-corrected chi connectivity index (χ2v) is 6.41. The van der Waals surface area contributed by atoms with E-state index in [1.807, 2.05) is 0 Å². The van der Waals surface area contributed by atoms with Crippen LogP contribution in [0.2, 0.25) is 0 Å². The Morgan fingerprint density at radius 3 is 2.48 bits per heavy atom. The van der Waals surface area contributed by atoms with Crippen LogP contribution in [0.5, 0.6) is 0 Å². The molecule has 1 aromatic carbocycles. The molecule has 124 valence electrons. The van der Waals surface area contributed by atoms with Gasteiger partial charge in [-0.15, -0.1) is 0 Å². The van der Waals surface area contributed by atoms with E-state index in [0.717, 1.165) is 11.9 Å². The Morgan fingerprint density at radius 2 is 1.84 bits per heavy atom. The minimum Gasteiger partial charge on any atom is -0.308 e. The zero-order chi connectivity index (χ0) is 17.6. The topological polar surface area (TPSA) is 85.2 Å². The molecule has 3 heterocycles. The molecule has 0 aliphatic carbocycles. The fourth-order valence-corrected chi connectivity index (χ4v) is 3.80. The summed E-state index contributed by atoms with van der Waals surface area (Å²) >= 11 is 1.13. The number of hydrogen-bond acceptors (Lipinski definition) is 6. The molecule has 0 N–H and O–H groups in total. The smallest absolute Gasteiger partial charge is 0.305 e. The molecule has 25 heavy (non-hydrogen) atoms. The van der Waals surface area contributed by atoms with Crippen molar-refractivity contribution in [1.29, 1.82) is 0 Å². The average molecular weight is 352 g/mol. The predicted molar refractivity (Wildman–Crippen MR) is 95.2 cm³/mol. The molecule has 1 fully saturated rings. The molecule has 0 saturated carbocycles. The molecule has 1 amide bonds. The molecule has 1 saturated heterocycles. The van der Waals surface area contributed by atoms with Gasteiger partial charge in [0.15, 0.2) is 0 Å². The highest BCUT2D eigenvalue weighted by Gasteiger charge is 2.35. The lowest BCUT2D eigenvalue weighted by atomic mass is 10.1. The first-order valence-corrected chi connectivity index (χ1v) is 8.42. The number of carbonyl (C=O) groups excluding carboxylic acids is 2. The van der Waals surface area contributed by atoms with Crippen molar-refractivity contribution in [2.75, 3.05) is 10.1 Å². The van der Waals surface area contributed by atoms with E-state index in [1.165, 1.54) is 15.2 Å². The Morgan fingerprint density at radius 1 is 1.08 bits per heavy atom. The van der Waals surface area contributed by atoms with Crippen molar-refractivity contribution in [2.24, 2.45) is 7.05 Å². The predicted octanol–water partition coefficient (Wildman–Crippen LogP) is 1.56. The third kappa shape index (κ3) is 2.33. The van der Waals surface area contributed by atoms with Crippen LogP contribution in [-0.2, 0) is 16.6 Å². The highest BCUT2D eigenvalue weighted by Crippen LogP contribution is 2.39. The van der Waals surface area contributed by atoms with Crippen molar-refractivity contribution in [3.8, 4) is 11.4 Å². The van der Waals surface area contributed by atoms with Crippen molar-refractivity contribution in [1.82, 2.24) is 14.5 Å². The number of Topliss-reactive ketones (excluding diaryl/α,β-unsaturated/α-hetero) is 1. The first-order valence-electron chi connectivity index (χ1n) is 7.48. The van der Waals surface area contributed by atoms with E-state index in [-0.39, 0.29) is 11.3 Å². The van der Waals surface area contributed by atoms with Gasteiger partial charge < -0.3 is 4.57 Å². The minimum absolute atomic E-state index is 0.0826. The van der Waals surface area contributed by atoms with Gasteiger partial charge >= 0.3 is 5.91 Å². The Balaban J connectivity index is 2.15. The van der Waals surface area contributed by atoms with Crippen LogP contribution in [0.4, 0.5) is 5.69 Å². The summed E-state index contributed by atoms with van der Waals surface area (Å²) in [5.74, 6) is -0.972. The molecule has 0 atom stereocenters. The van der Waals surface area contributed by atoms with E-state index in [0.29, 0.717) is 27.8 Å². The Hall–Kier alpha value is -3.00. The molecule has 1 aliphatic rings. The number of pyridine rings is 1. The lowest BCUT2D eigenvalue weighted by Crippen LogP contribution is -2.28. The zero-order valence-electron chi connectivity index (χ0n) is 13.2. The first kappa shape index (κ1) is 15.5. The fraction of sp³-hybridized carbons (Fsp3) is 0.118. The van der Waals surface area contributed by atoms with E-state index < -0.39 is 11.7 Å². The molecule has 0 spiro atoms. The molecular weight excluding hydrogens is 340 g/mol. The van der Waals surface area contributed by atoms with Gasteiger partial charge in [-0.05, 0) is 24.1 Å². The van der Waals surface area contributed by atoms with Crippen LogP contribution >= 0.6 is 11.9 Å². The Kier molecular flexibility index (Phi) is 3.61. The van der Waals surface area contributed by atoms with E-state index in [4.69, 9.17) is 0 Å². The summed E-state index contributed by atoms with van der Waals surface area (Å²) in [5, 5.41) is 1.08. The summed E-state index contributed by atoms with van der Waals surface area (Å²) in [6, 6.07) is 8.70.